The Morgan fingerprint density at radius 2 is 1.77 bits per heavy atom. The van der Waals surface area contributed by atoms with E-state index in [1.807, 2.05) is 39.8 Å². The van der Waals surface area contributed by atoms with Gasteiger partial charge in [-0.15, -0.1) is 0 Å². The van der Waals surface area contributed by atoms with Gasteiger partial charge in [0.1, 0.15) is 5.56 Å². The fourth-order valence-electron chi connectivity index (χ4n) is 3.81. The zero-order valence-corrected chi connectivity index (χ0v) is 19.0. The fourth-order valence-corrected chi connectivity index (χ4v) is 3.81. The number of nitrogens with zero attached hydrogens (tertiary/aromatic N) is 3. The first-order valence-corrected chi connectivity index (χ1v) is 10.6. The lowest BCUT2D eigenvalue weighted by atomic mass is 10.0. The van der Waals surface area contributed by atoms with Crippen LogP contribution in [0.1, 0.15) is 55.9 Å². The minimum Gasteiger partial charge on any atom is -0.493 e. The number of rotatable bonds is 9. The van der Waals surface area contributed by atoms with E-state index in [0.29, 0.717) is 5.69 Å². The van der Waals surface area contributed by atoms with Crippen LogP contribution in [0.15, 0.2) is 26.7 Å². The number of H-pyrrole nitrogens is 1. The summed E-state index contributed by atoms with van der Waals surface area (Å²) in [5.41, 5.74) is 1.98. The largest absolute Gasteiger partial charge is 0.493 e. The van der Waals surface area contributed by atoms with Gasteiger partial charge in [0, 0.05) is 12.3 Å². The van der Waals surface area contributed by atoms with E-state index in [1.54, 1.807) is 0 Å². The van der Waals surface area contributed by atoms with E-state index < -0.39 is 17.1 Å². The number of aliphatic imine (C=N–C) groups is 1. The predicted octanol–water partition coefficient (Wildman–Crippen LogP) is 3.09. The number of hydrogen-bond donors (Lipinski definition) is 2. The molecule has 0 amide bonds. The Morgan fingerprint density at radius 3 is 2.33 bits per heavy atom. The molecule has 0 saturated carbocycles. The molecule has 1 unspecified atom stereocenters. The van der Waals surface area contributed by atoms with Crippen molar-refractivity contribution in [1.29, 1.82) is 0 Å². The van der Waals surface area contributed by atoms with Crippen LogP contribution in [0.5, 0.6) is 5.88 Å². The van der Waals surface area contributed by atoms with Gasteiger partial charge in [0.25, 0.3) is 5.56 Å². The maximum Gasteiger partial charge on any atom is 0.335 e. The van der Waals surface area contributed by atoms with E-state index in [-0.39, 0.29) is 11.6 Å². The fraction of sp³-hybridized carbons (Fsp3) is 0.522. The number of benzene rings is 1. The average molecular weight is 415 g/mol. The van der Waals surface area contributed by atoms with E-state index in [0.717, 1.165) is 53.7 Å². The molecule has 1 atom stereocenters. The van der Waals surface area contributed by atoms with Gasteiger partial charge in [-0.1, -0.05) is 31.5 Å². The SMILES string of the molecule is CCN(CC)CCCC(C)N=Cc1c(O)n(-c2c(C)cc(C)cc2C)c(=O)[nH]c1=O. The number of aryl methyl sites for hydroxylation is 3. The first-order valence-electron chi connectivity index (χ1n) is 10.6. The molecule has 0 aliphatic heterocycles. The third-order valence-electron chi connectivity index (χ3n) is 5.43. The van der Waals surface area contributed by atoms with Crippen LogP contribution in [-0.2, 0) is 0 Å². The number of hydrogen-bond acceptors (Lipinski definition) is 5. The number of aromatic hydroxyl groups is 1. The van der Waals surface area contributed by atoms with Crippen molar-refractivity contribution in [3.63, 3.8) is 0 Å². The van der Waals surface area contributed by atoms with Gasteiger partial charge in [-0.3, -0.25) is 14.8 Å². The van der Waals surface area contributed by atoms with Crippen LogP contribution in [0.3, 0.4) is 0 Å². The summed E-state index contributed by atoms with van der Waals surface area (Å²) in [6.45, 7) is 15.0. The summed E-state index contributed by atoms with van der Waals surface area (Å²) < 4.78 is 1.15. The zero-order chi connectivity index (χ0) is 22.4. The molecule has 0 bridgehead atoms. The molecule has 7 heteroatoms. The molecule has 0 fully saturated rings. The molecule has 0 aliphatic rings. The smallest absolute Gasteiger partial charge is 0.335 e. The molecule has 2 rings (SSSR count). The molecule has 1 aromatic heterocycles. The standard InChI is InChI=1S/C23H34N4O3/c1-7-26(8-2)11-9-10-18(6)24-14-19-21(28)25-23(30)27(22(19)29)20-16(4)12-15(3)13-17(20)5/h12-14,18,29H,7-11H2,1-6H3,(H,25,28,30). The summed E-state index contributed by atoms with van der Waals surface area (Å²) >= 11 is 0. The van der Waals surface area contributed by atoms with Crippen LogP contribution >= 0.6 is 0 Å². The van der Waals surface area contributed by atoms with E-state index in [1.165, 1.54) is 6.21 Å². The minimum atomic E-state index is -0.669. The molecule has 2 aromatic rings. The van der Waals surface area contributed by atoms with E-state index in [2.05, 4.69) is 28.7 Å². The molecule has 30 heavy (non-hydrogen) atoms. The van der Waals surface area contributed by atoms with Crippen LogP contribution in [-0.4, -0.2) is 51.4 Å². The second-order valence-corrected chi connectivity index (χ2v) is 7.88. The number of aromatic amines is 1. The van der Waals surface area contributed by atoms with Gasteiger partial charge in [0.2, 0.25) is 5.88 Å². The Kier molecular flexibility index (Phi) is 8.17. The summed E-state index contributed by atoms with van der Waals surface area (Å²) in [4.78, 5) is 33.9. The molecule has 0 spiro atoms. The number of nitrogens with one attached hydrogen (secondary N) is 1. The van der Waals surface area contributed by atoms with Crippen molar-refractivity contribution in [1.82, 2.24) is 14.5 Å². The van der Waals surface area contributed by atoms with Crippen molar-refractivity contribution in [3.05, 3.63) is 55.2 Å². The van der Waals surface area contributed by atoms with Crippen LogP contribution in [0.25, 0.3) is 5.69 Å². The summed E-state index contributed by atoms with van der Waals surface area (Å²) in [6, 6.07) is 3.87. The topological polar surface area (TPSA) is 90.7 Å². The van der Waals surface area contributed by atoms with Gasteiger partial charge >= 0.3 is 5.69 Å². The Hall–Kier alpha value is -2.67. The lowest BCUT2D eigenvalue weighted by Gasteiger charge is -2.18. The summed E-state index contributed by atoms with van der Waals surface area (Å²) in [5.74, 6) is -0.391. The minimum absolute atomic E-state index is 0.00240. The van der Waals surface area contributed by atoms with Gasteiger partial charge in [0.05, 0.1) is 5.69 Å². The van der Waals surface area contributed by atoms with Crippen LogP contribution in [0.2, 0.25) is 0 Å². The quantitative estimate of drug-likeness (QED) is 0.617. The lowest BCUT2D eigenvalue weighted by molar-refractivity contribution is 0.294. The first kappa shape index (κ1) is 23.6. The Bertz CT molecular complexity index is 993. The average Bonchev–Trinajstić information content (AvgIpc) is 2.66. The monoisotopic (exact) mass is 414 g/mol. The molecule has 7 nitrogen and oxygen atoms in total. The number of aromatic nitrogens is 2. The first-order chi connectivity index (χ1) is 14.2. The highest BCUT2D eigenvalue weighted by molar-refractivity contribution is 5.82. The molecule has 1 aromatic carbocycles. The zero-order valence-electron chi connectivity index (χ0n) is 19.0. The Labute approximate surface area is 178 Å². The highest BCUT2D eigenvalue weighted by Crippen LogP contribution is 2.23. The maximum atomic E-state index is 12.5. The summed E-state index contributed by atoms with van der Waals surface area (Å²) in [5, 5.41) is 10.8. The molecular formula is C23H34N4O3. The van der Waals surface area contributed by atoms with Crippen molar-refractivity contribution in [2.45, 2.75) is 60.4 Å². The van der Waals surface area contributed by atoms with Crippen LogP contribution in [0, 0.1) is 20.8 Å². The Balaban J connectivity index is 2.33. The highest BCUT2D eigenvalue weighted by atomic mass is 16.3. The molecule has 2 N–H and O–H groups in total. The van der Waals surface area contributed by atoms with E-state index in [4.69, 9.17) is 0 Å². The third-order valence-corrected chi connectivity index (χ3v) is 5.43. The maximum absolute atomic E-state index is 12.5. The van der Waals surface area contributed by atoms with Crippen molar-refractivity contribution in [3.8, 4) is 11.6 Å². The molecule has 0 radical (unpaired) electrons. The van der Waals surface area contributed by atoms with Gasteiger partial charge in [0.15, 0.2) is 0 Å². The molecule has 0 aliphatic carbocycles. The second-order valence-electron chi connectivity index (χ2n) is 7.88. The van der Waals surface area contributed by atoms with E-state index in [9.17, 15) is 14.7 Å². The third kappa shape index (κ3) is 5.48. The summed E-state index contributed by atoms with van der Waals surface area (Å²) in [6.07, 6.45) is 3.26. The molecule has 1 heterocycles. The van der Waals surface area contributed by atoms with Gasteiger partial charge < -0.3 is 10.0 Å². The summed E-state index contributed by atoms with van der Waals surface area (Å²) in [7, 11) is 0. The van der Waals surface area contributed by atoms with Crippen molar-refractivity contribution < 1.29 is 5.11 Å². The van der Waals surface area contributed by atoms with Crippen LogP contribution in [0.4, 0.5) is 0 Å². The second kappa shape index (κ2) is 10.4. The van der Waals surface area contributed by atoms with E-state index >= 15 is 0 Å². The van der Waals surface area contributed by atoms with Gasteiger partial charge in [-0.05, 0) is 71.3 Å². The van der Waals surface area contributed by atoms with Crippen LogP contribution < -0.4 is 11.2 Å². The molecule has 0 saturated heterocycles. The Morgan fingerprint density at radius 1 is 1.17 bits per heavy atom. The lowest BCUT2D eigenvalue weighted by Crippen LogP contribution is -2.32. The normalized spacial score (nSPS) is 12.8. The molecular weight excluding hydrogens is 380 g/mol. The van der Waals surface area contributed by atoms with Gasteiger partial charge in [-0.2, -0.15) is 0 Å². The highest BCUT2D eigenvalue weighted by Gasteiger charge is 2.17. The van der Waals surface area contributed by atoms with Gasteiger partial charge in [-0.25, -0.2) is 9.36 Å². The van der Waals surface area contributed by atoms with Crippen molar-refractivity contribution >= 4 is 6.21 Å². The predicted molar refractivity (Wildman–Crippen MR) is 123 cm³/mol. The van der Waals surface area contributed by atoms with Crippen molar-refractivity contribution in [2.75, 3.05) is 19.6 Å². The molecule has 164 valence electrons. The van der Waals surface area contributed by atoms with Crippen molar-refractivity contribution in [2.24, 2.45) is 4.99 Å².